The van der Waals surface area contributed by atoms with Crippen LogP contribution in [0.2, 0.25) is 0 Å². The highest BCUT2D eigenvalue weighted by molar-refractivity contribution is 5.77. The number of esters is 3. The second-order valence-electron chi connectivity index (χ2n) is 14.5. The van der Waals surface area contributed by atoms with Crippen molar-refractivity contribution >= 4 is 23.8 Å². The molecule has 0 unspecified atom stereocenters. The minimum atomic E-state index is -2.58. The van der Waals surface area contributed by atoms with Gasteiger partial charge in [0.1, 0.15) is 22.7 Å². The summed E-state index contributed by atoms with van der Waals surface area (Å²) in [5, 5.41) is 5.79. The monoisotopic (exact) mass is 1110 g/mol. The van der Waals surface area contributed by atoms with Gasteiger partial charge >= 0.3 is 17.9 Å². The average Bonchev–Trinajstić information content (AvgIpc) is 3.39. The Bertz CT molecular complexity index is 2220. The molecule has 0 fully saturated rings. The van der Waals surface area contributed by atoms with Gasteiger partial charge in [0.05, 0.1) is 112 Å². The molecule has 0 atom stereocenters. The second-order valence-corrected chi connectivity index (χ2v) is 14.5. The van der Waals surface area contributed by atoms with Crippen LogP contribution in [0.1, 0.15) is 25.7 Å². The number of nitrogens with zero attached hydrogens (tertiary/aromatic N) is 2. The summed E-state index contributed by atoms with van der Waals surface area (Å²) >= 11 is 0. The van der Waals surface area contributed by atoms with Crippen LogP contribution in [0.25, 0.3) is 0 Å². The van der Waals surface area contributed by atoms with Gasteiger partial charge < -0.3 is 52.7 Å². The first-order valence-corrected chi connectivity index (χ1v) is 21.1. The zero-order valence-corrected chi connectivity index (χ0v) is 38.2. The number of ether oxygens (including phenoxy) is 10. The Hall–Kier alpha value is -6.48. The number of hydrogen-bond acceptors (Lipinski definition) is 16. The van der Waals surface area contributed by atoms with Crippen molar-refractivity contribution < 1.29 is 132 Å². The Labute approximate surface area is 411 Å². The molecule has 2 N–H and O–H groups in total. The maximum atomic E-state index is 14.1. The van der Waals surface area contributed by atoms with Crippen molar-refractivity contribution in [3.05, 3.63) is 87.3 Å². The van der Waals surface area contributed by atoms with E-state index in [4.69, 9.17) is 38.7 Å². The van der Waals surface area contributed by atoms with Crippen LogP contribution >= 0.6 is 0 Å². The number of benzene rings is 3. The number of carbonyl (C=O) groups is 4. The van der Waals surface area contributed by atoms with Gasteiger partial charge in [0.25, 0.3) is 0 Å². The molecule has 0 spiro atoms. The molecule has 75 heavy (non-hydrogen) atoms. The molecule has 0 aromatic heterocycles. The number of rotatable bonds is 34. The van der Waals surface area contributed by atoms with Crippen LogP contribution in [-0.4, -0.2) is 128 Å². The summed E-state index contributed by atoms with van der Waals surface area (Å²) in [4.78, 5) is 53.4. The van der Waals surface area contributed by atoms with Gasteiger partial charge in [-0.15, -0.1) is 0 Å². The normalized spacial score (nSPS) is 11.4. The molecule has 33 heteroatoms. The van der Waals surface area contributed by atoms with Crippen LogP contribution in [0, 0.1) is 92.8 Å². The first-order chi connectivity index (χ1) is 35.6. The van der Waals surface area contributed by atoms with Crippen molar-refractivity contribution in [2.45, 2.75) is 31.2 Å². The Balaban J connectivity index is 1.75. The van der Waals surface area contributed by atoms with Gasteiger partial charge in [0.15, 0.2) is 0 Å². The molecule has 1 amide bonds. The summed E-state index contributed by atoms with van der Waals surface area (Å²) in [6, 6.07) is 0. The van der Waals surface area contributed by atoms with Gasteiger partial charge in [-0.3, -0.25) is 19.2 Å². The molecule has 416 valence electrons. The fourth-order valence-corrected chi connectivity index (χ4v) is 5.46. The van der Waals surface area contributed by atoms with Gasteiger partial charge in [-0.1, -0.05) is 0 Å². The number of halogens is 15. The summed E-state index contributed by atoms with van der Waals surface area (Å²) in [6.07, 6.45) is -3.66. The second kappa shape index (κ2) is 31.4. The molecule has 0 radical (unpaired) electrons. The quantitative estimate of drug-likeness (QED) is 0.0103. The molecule has 0 aliphatic carbocycles. The van der Waals surface area contributed by atoms with E-state index in [1.807, 2.05) is 0 Å². The van der Waals surface area contributed by atoms with E-state index >= 15 is 0 Å². The van der Waals surface area contributed by atoms with E-state index in [-0.39, 0.29) is 59.4 Å². The lowest BCUT2D eigenvalue weighted by Crippen LogP contribution is -2.59. The van der Waals surface area contributed by atoms with Crippen LogP contribution in [0.4, 0.5) is 65.9 Å². The predicted octanol–water partition coefficient (Wildman–Crippen LogP) is 5.97. The largest absolute Gasteiger partial charge is 0.420 e. The lowest BCUT2D eigenvalue weighted by atomic mass is 10.0. The third-order valence-electron chi connectivity index (χ3n) is 9.04. The van der Waals surface area contributed by atoms with Gasteiger partial charge in [-0.2, -0.15) is 26.3 Å². The Morgan fingerprint density at radius 1 is 0.373 bits per heavy atom. The number of nitrogens with one attached hydrogen (secondary N) is 2. The molecule has 0 heterocycles. The third kappa shape index (κ3) is 19.0. The number of hydrogen-bond donors (Lipinski definition) is 2. The maximum Gasteiger partial charge on any atom is 0.313 e. The molecule has 3 aromatic rings. The third-order valence-corrected chi connectivity index (χ3v) is 9.04. The highest BCUT2D eigenvalue weighted by Crippen LogP contribution is 2.32. The Kier molecular flexibility index (Phi) is 26.3. The van der Waals surface area contributed by atoms with Crippen molar-refractivity contribution in [2.75, 3.05) is 99.0 Å². The topological polar surface area (TPSA) is 223 Å². The van der Waals surface area contributed by atoms with E-state index < -0.39 is 199 Å². The summed E-state index contributed by atoms with van der Waals surface area (Å²) < 4.78 is 257. The van der Waals surface area contributed by atoms with Gasteiger partial charge in [0.2, 0.25) is 115 Å². The highest BCUT2D eigenvalue weighted by atomic mass is 19.2. The van der Waals surface area contributed by atoms with Crippen molar-refractivity contribution in [3.63, 3.8) is 0 Å². The van der Waals surface area contributed by atoms with E-state index in [9.17, 15) is 85.0 Å². The smallest absolute Gasteiger partial charge is 0.313 e. The fraction of sp³-hybridized carbons (Fsp3) is 0.476. The van der Waals surface area contributed by atoms with Gasteiger partial charge in [-0.25, -0.2) is 39.5 Å². The molecule has 0 bridgehead atoms. The van der Waals surface area contributed by atoms with E-state index in [1.54, 1.807) is 0 Å². The van der Waals surface area contributed by atoms with E-state index in [0.717, 1.165) is 0 Å². The Morgan fingerprint density at radius 3 is 0.920 bits per heavy atom. The first kappa shape index (κ1) is 62.8. The Morgan fingerprint density at radius 2 is 0.627 bits per heavy atom. The van der Waals surface area contributed by atoms with Crippen LogP contribution in [-0.2, 0) is 52.3 Å². The molecule has 3 aromatic carbocycles. The highest BCUT2D eigenvalue weighted by Gasteiger charge is 2.36. The number of amides is 1. The average molecular weight is 1110 g/mol. The van der Waals surface area contributed by atoms with Crippen LogP contribution in [0.3, 0.4) is 0 Å². The summed E-state index contributed by atoms with van der Waals surface area (Å²) in [6.45, 7) is -4.80. The summed E-state index contributed by atoms with van der Waals surface area (Å²) in [7, 11) is 0. The summed E-state index contributed by atoms with van der Waals surface area (Å²) in [5.41, 5.74) is 4.39. The van der Waals surface area contributed by atoms with Crippen molar-refractivity contribution in [3.8, 4) is 17.2 Å². The lowest BCUT2D eigenvalue weighted by molar-refractivity contribution is -0.138. The van der Waals surface area contributed by atoms with Crippen molar-refractivity contribution in [1.82, 2.24) is 10.2 Å². The zero-order valence-electron chi connectivity index (χ0n) is 38.2. The van der Waals surface area contributed by atoms with Gasteiger partial charge in [-0.05, 0) is 0 Å². The molecule has 0 aliphatic heterocycles. The molecule has 0 aliphatic rings. The van der Waals surface area contributed by atoms with E-state index in [2.05, 4.69) is 29.6 Å². The van der Waals surface area contributed by atoms with Gasteiger partial charge in [0, 0.05) is 6.42 Å². The van der Waals surface area contributed by atoms with Crippen LogP contribution in [0.5, 0.6) is 17.2 Å². The fourth-order valence-electron chi connectivity index (χ4n) is 5.46. The molecule has 0 saturated heterocycles. The predicted molar refractivity (Wildman–Crippen MR) is 213 cm³/mol. The summed E-state index contributed by atoms with van der Waals surface area (Å²) in [5.74, 6) is -49.6. The minimum Gasteiger partial charge on any atom is -0.420 e. The molecule has 18 nitrogen and oxygen atoms in total. The standard InChI is InChI=1S/C42H39F15N4O14/c43-24-27(46)33(52)39(34(53)28(24)47)73-21(63)2-7-70-17-42(18-71-8-3-22(64)74-40-35(54)29(48)25(44)30(49)36(40)55,19-72-9-4-23(65)75-41-37(56)31(50)26(45)32(51)38(41)57)60-20(62)1-6-66-11-13-68-15-16-69-14-12-67-10-5-59-61-58/h58H,1-19H2/p+1. The zero-order chi connectivity index (χ0) is 55.8. The SMILES string of the molecule is N=[N+]=NCCOCCOCCOCCOCCC(=O)NC(COCCC(=O)Oc1c(F)c(F)c(F)c(F)c1F)(COCCC(=O)Oc1c(F)c(F)c(F)c(F)c1F)COCCC(=O)Oc1c(F)c(F)c(F)c(F)c1F. The van der Waals surface area contributed by atoms with Crippen molar-refractivity contribution in [2.24, 2.45) is 5.11 Å². The van der Waals surface area contributed by atoms with E-state index in [1.165, 1.54) is 0 Å². The van der Waals surface area contributed by atoms with Crippen molar-refractivity contribution in [1.29, 1.82) is 5.53 Å². The molecular formula is C42H40F15N4O14+. The minimum absolute atomic E-state index is 0.00859. The van der Waals surface area contributed by atoms with E-state index in [0.29, 0.717) is 0 Å². The molecular weight excluding hydrogens is 1070 g/mol. The molecule has 3 rings (SSSR count). The molecule has 0 saturated carbocycles. The van der Waals surface area contributed by atoms with Crippen LogP contribution < -0.4 is 24.4 Å². The lowest BCUT2D eigenvalue weighted by Gasteiger charge is -2.34. The maximum absolute atomic E-state index is 14.1. The first-order valence-electron chi connectivity index (χ1n) is 21.1. The van der Waals surface area contributed by atoms with Crippen LogP contribution in [0.15, 0.2) is 5.11 Å². The number of carbonyl (C=O) groups excluding carboxylic acids is 4.